The van der Waals surface area contributed by atoms with Crippen molar-refractivity contribution in [3.63, 3.8) is 0 Å². The number of pyridine rings is 1. The number of anilines is 1. The molecular weight excluding hydrogens is 188 g/mol. The monoisotopic (exact) mass is 208 g/mol. The lowest BCUT2D eigenvalue weighted by Gasteiger charge is -2.06. The molecule has 0 saturated carbocycles. The van der Waals surface area contributed by atoms with Crippen molar-refractivity contribution < 1.29 is 4.74 Å². The summed E-state index contributed by atoms with van der Waals surface area (Å²) in [5, 5.41) is 3.32. The number of hydrogen-bond acceptors (Lipinski definition) is 3. The van der Waals surface area contributed by atoms with Crippen LogP contribution in [0, 0.1) is 0 Å². The van der Waals surface area contributed by atoms with Gasteiger partial charge in [0.2, 0.25) is 0 Å². The lowest BCUT2D eigenvalue weighted by Crippen LogP contribution is -2.06. The highest BCUT2D eigenvalue weighted by atomic mass is 16.5. The van der Waals surface area contributed by atoms with Gasteiger partial charge in [-0.2, -0.15) is 0 Å². The Labute approximate surface area is 91.9 Å². The number of unbranched alkanes of at least 4 members (excludes halogenated alkanes) is 1. The third-order valence-corrected chi connectivity index (χ3v) is 2.12. The van der Waals surface area contributed by atoms with Crippen LogP contribution >= 0.6 is 0 Å². The van der Waals surface area contributed by atoms with Crippen LogP contribution in [0.15, 0.2) is 24.5 Å². The third-order valence-electron chi connectivity index (χ3n) is 2.12. The van der Waals surface area contributed by atoms with Crippen LogP contribution in [-0.2, 0) is 4.74 Å². The zero-order valence-corrected chi connectivity index (χ0v) is 9.41. The summed E-state index contributed by atoms with van der Waals surface area (Å²) in [5.41, 5.74) is 1.12. The third kappa shape index (κ3) is 6.07. The zero-order chi connectivity index (χ0) is 10.8. The van der Waals surface area contributed by atoms with Crippen molar-refractivity contribution in [1.82, 2.24) is 4.98 Å². The largest absolute Gasteiger partial charge is 0.385 e. The van der Waals surface area contributed by atoms with Crippen LogP contribution in [0.1, 0.15) is 26.2 Å². The van der Waals surface area contributed by atoms with Crippen LogP contribution in [0.25, 0.3) is 0 Å². The van der Waals surface area contributed by atoms with E-state index in [1.54, 1.807) is 12.4 Å². The fourth-order valence-electron chi connectivity index (χ4n) is 1.23. The molecule has 1 rings (SSSR count). The average Bonchev–Trinajstić information content (AvgIpc) is 2.29. The minimum Gasteiger partial charge on any atom is -0.385 e. The van der Waals surface area contributed by atoms with Crippen LogP contribution in [0.3, 0.4) is 0 Å². The zero-order valence-electron chi connectivity index (χ0n) is 9.41. The van der Waals surface area contributed by atoms with Gasteiger partial charge in [-0.05, 0) is 25.0 Å². The molecule has 15 heavy (non-hydrogen) atoms. The summed E-state index contributed by atoms with van der Waals surface area (Å²) in [6.45, 7) is 4.87. The molecule has 0 atom stereocenters. The fraction of sp³-hybridized carbons (Fsp3) is 0.583. The lowest BCUT2D eigenvalue weighted by molar-refractivity contribution is 0.131. The van der Waals surface area contributed by atoms with Gasteiger partial charge in [-0.3, -0.25) is 4.98 Å². The maximum absolute atomic E-state index is 5.46. The summed E-state index contributed by atoms with van der Waals surface area (Å²) in [6, 6.07) is 3.94. The van der Waals surface area contributed by atoms with E-state index in [4.69, 9.17) is 4.74 Å². The van der Waals surface area contributed by atoms with Crippen molar-refractivity contribution >= 4 is 5.69 Å². The SMILES string of the molecule is CCCCOCCCNc1ccncc1. The summed E-state index contributed by atoms with van der Waals surface area (Å²) >= 11 is 0. The summed E-state index contributed by atoms with van der Waals surface area (Å²) in [7, 11) is 0. The van der Waals surface area contributed by atoms with Crippen molar-refractivity contribution in [2.75, 3.05) is 25.1 Å². The van der Waals surface area contributed by atoms with Gasteiger partial charge in [-0.1, -0.05) is 13.3 Å². The molecule has 0 aliphatic rings. The van der Waals surface area contributed by atoms with Crippen LogP contribution in [0.4, 0.5) is 5.69 Å². The first kappa shape index (κ1) is 12.0. The molecule has 1 N–H and O–H groups in total. The molecule has 1 heterocycles. The predicted octanol–water partition coefficient (Wildman–Crippen LogP) is 2.70. The van der Waals surface area contributed by atoms with Gasteiger partial charge in [0, 0.05) is 37.8 Å². The molecule has 0 amide bonds. The smallest absolute Gasteiger partial charge is 0.0482 e. The number of aromatic nitrogens is 1. The maximum Gasteiger partial charge on any atom is 0.0482 e. The van der Waals surface area contributed by atoms with Gasteiger partial charge in [0.15, 0.2) is 0 Å². The van der Waals surface area contributed by atoms with Gasteiger partial charge in [-0.15, -0.1) is 0 Å². The molecule has 1 aromatic rings. The Morgan fingerprint density at radius 3 is 2.67 bits per heavy atom. The van der Waals surface area contributed by atoms with Gasteiger partial charge < -0.3 is 10.1 Å². The van der Waals surface area contributed by atoms with E-state index in [0.717, 1.165) is 38.3 Å². The first-order chi connectivity index (χ1) is 7.43. The molecule has 3 nitrogen and oxygen atoms in total. The quantitative estimate of drug-likeness (QED) is 0.667. The van der Waals surface area contributed by atoms with E-state index in [1.807, 2.05) is 12.1 Å². The molecule has 0 saturated heterocycles. The molecule has 0 bridgehead atoms. The van der Waals surface area contributed by atoms with E-state index in [9.17, 15) is 0 Å². The second-order valence-corrected chi connectivity index (χ2v) is 3.48. The highest BCUT2D eigenvalue weighted by Crippen LogP contribution is 2.02. The number of rotatable bonds is 8. The van der Waals surface area contributed by atoms with Crippen LogP contribution < -0.4 is 5.32 Å². The van der Waals surface area contributed by atoms with E-state index in [0.29, 0.717) is 0 Å². The standard InChI is InChI=1S/C12H20N2O/c1-2-3-10-15-11-4-7-14-12-5-8-13-9-6-12/h5-6,8-9H,2-4,7,10-11H2,1H3,(H,13,14). The Morgan fingerprint density at radius 2 is 1.93 bits per heavy atom. The minimum absolute atomic E-state index is 0.845. The van der Waals surface area contributed by atoms with Crippen LogP contribution in [0.2, 0.25) is 0 Å². The summed E-state index contributed by atoms with van der Waals surface area (Å²) in [4.78, 5) is 3.96. The molecule has 0 radical (unpaired) electrons. The van der Waals surface area contributed by atoms with Crippen molar-refractivity contribution in [3.05, 3.63) is 24.5 Å². The Morgan fingerprint density at radius 1 is 1.20 bits per heavy atom. The summed E-state index contributed by atoms with van der Waals surface area (Å²) in [5.74, 6) is 0. The molecule has 0 spiro atoms. The number of nitrogens with one attached hydrogen (secondary N) is 1. The Hall–Kier alpha value is -1.09. The molecule has 3 heteroatoms. The van der Waals surface area contributed by atoms with E-state index < -0.39 is 0 Å². The molecule has 0 aliphatic carbocycles. The highest BCUT2D eigenvalue weighted by Gasteiger charge is 1.90. The molecule has 1 aromatic heterocycles. The molecule has 0 aliphatic heterocycles. The Balaban J connectivity index is 1.93. The van der Waals surface area contributed by atoms with Crippen molar-refractivity contribution in [2.45, 2.75) is 26.2 Å². The van der Waals surface area contributed by atoms with E-state index in [-0.39, 0.29) is 0 Å². The lowest BCUT2D eigenvalue weighted by atomic mass is 10.3. The predicted molar refractivity (Wildman–Crippen MR) is 63.1 cm³/mol. The minimum atomic E-state index is 0.845. The van der Waals surface area contributed by atoms with E-state index in [1.165, 1.54) is 6.42 Å². The second-order valence-electron chi connectivity index (χ2n) is 3.48. The molecule has 84 valence electrons. The van der Waals surface area contributed by atoms with Crippen LogP contribution in [0.5, 0.6) is 0 Å². The molecular formula is C12H20N2O. The maximum atomic E-state index is 5.46. The second kappa shape index (κ2) is 8.24. The van der Waals surface area contributed by atoms with Crippen molar-refractivity contribution in [3.8, 4) is 0 Å². The average molecular weight is 208 g/mol. The van der Waals surface area contributed by atoms with Gasteiger partial charge in [-0.25, -0.2) is 0 Å². The van der Waals surface area contributed by atoms with Gasteiger partial charge in [0.1, 0.15) is 0 Å². The Kier molecular flexibility index (Phi) is 6.58. The summed E-state index contributed by atoms with van der Waals surface area (Å²) in [6.07, 6.45) is 7.00. The van der Waals surface area contributed by atoms with Crippen molar-refractivity contribution in [1.29, 1.82) is 0 Å². The van der Waals surface area contributed by atoms with Gasteiger partial charge in [0.05, 0.1) is 0 Å². The number of hydrogen-bond donors (Lipinski definition) is 1. The first-order valence-corrected chi connectivity index (χ1v) is 5.65. The highest BCUT2D eigenvalue weighted by molar-refractivity contribution is 5.40. The molecule has 0 aromatic carbocycles. The molecule has 0 unspecified atom stereocenters. The topological polar surface area (TPSA) is 34.1 Å². The molecule has 0 fully saturated rings. The van der Waals surface area contributed by atoms with E-state index >= 15 is 0 Å². The van der Waals surface area contributed by atoms with Crippen molar-refractivity contribution in [2.24, 2.45) is 0 Å². The number of ether oxygens (including phenoxy) is 1. The normalized spacial score (nSPS) is 10.2. The van der Waals surface area contributed by atoms with Crippen LogP contribution in [-0.4, -0.2) is 24.7 Å². The number of nitrogens with zero attached hydrogens (tertiary/aromatic N) is 1. The van der Waals surface area contributed by atoms with Gasteiger partial charge >= 0.3 is 0 Å². The fourth-order valence-corrected chi connectivity index (χ4v) is 1.23. The Bertz CT molecular complexity index is 239. The summed E-state index contributed by atoms with van der Waals surface area (Å²) < 4.78 is 5.46. The first-order valence-electron chi connectivity index (χ1n) is 5.65. The van der Waals surface area contributed by atoms with Gasteiger partial charge in [0.25, 0.3) is 0 Å². The van der Waals surface area contributed by atoms with E-state index in [2.05, 4.69) is 17.2 Å².